The minimum Gasteiger partial charge on any atom is -0.354 e. The summed E-state index contributed by atoms with van der Waals surface area (Å²) in [4.78, 5) is 11.1. The van der Waals surface area contributed by atoms with E-state index in [2.05, 4.69) is 20.0 Å². The van der Waals surface area contributed by atoms with Gasteiger partial charge < -0.3 is 4.90 Å². The first-order valence-corrected chi connectivity index (χ1v) is 9.89. The third-order valence-corrected chi connectivity index (χ3v) is 6.71. The molecule has 0 N–H and O–H groups in total. The maximum atomic E-state index is 12.8. The van der Waals surface area contributed by atoms with Gasteiger partial charge in [0.2, 0.25) is 10.0 Å². The molecule has 2 aromatic heterocycles. The molecule has 26 heavy (non-hydrogen) atoms. The summed E-state index contributed by atoms with van der Waals surface area (Å²) in [5.74, 6) is 1.49. The fourth-order valence-electron chi connectivity index (χ4n) is 3.27. The predicted molar refractivity (Wildman–Crippen MR) is 97.7 cm³/mol. The van der Waals surface area contributed by atoms with Crippen molar-refractivity contribution in [3.05, 3.63) is 47.9 Å². The van der Waals surface area contributed by atoms with Crippen molar-refractivity contribution < 1.29 is 8.42 Å². The third-order valence-electron chi connectivity index (χ3n) is 4.80. The number of benzene rings is 1. The topological polar surface area (TPSA) is 83.7 Å². The standard InChI is InChI=1S/C17H20N6O2S/c1-13-14(2)20-17-18-12-19-23(17)16(13)21-8-10-22(11-9-21)26(24,25)15-6-4-3-5-7-15/h3-7,12H,8-11H2,1-2H3. The zero-order chi connectivity index (χ0) is 18.3. The van der Waals surface area contributed by atoms with Gasteiger partial charge >= 0.3 is 0 Å². The summed E-state index contributed by atoms with van der Waals surface area (Å²) in [5, 5.41) is 4.28. The number of nitrogens with zero attached hydrogens (tertiary/aromatic N) is 6. The summed E-state index contributed by atoms with van der Waals surface area (Å²) >= 11 is 0. The van der Waals surface area contributed by atoms with Gasteiger partial charge in [0.05, 0.1) is 4.90 Å². The molecular formula is C17H20N6O2S. The maximum absolute atomic E-state index is 12.8. The number of rotatable bonds is 3. The highest BCUT2D eigenvalue weighted by Crippen LogP contribution is 2.25. The lowest BCUT2D eigenvalue weighted by atomic mass is 10.2. The second-order valence-electron chi connectivity index (χ2n) is 6.32. The highest BCUT2D eigenvalue weighted by Gasteiger charge is 2.30. The van der Waals surface area contributed by atoms with Crippen LogP contribution in [-0.2, 0) is 10.0 Å². The lowest BCUT2D eigenvalue weighted by molar-refractivity contribution is 0.382. The van der Waals surface area contributed by atoms with Crippen molar-refractivity contribution in [2.75, 3.05) is 31.1 Å². The van der Waals surface area contributed by atoms with Crippen LogP contribution in [0.15, 0.2) is 41.6 Å². The van der Waals surface area contributed by atoms with E-state index in [-0.39, 0.29) is 0 Å². The molecule has 1 aromatic carbocycles. The van der Waals surface area contributed by atoms with Gasteiger partial charge in [-0.15, -0.1) is 0 Å². The Morgan fingerprint density at radius 1 is 1.00 bits per heavy atom. The molecule has 1 aliphatic rings. The molecule has 0 radical (unpaired) electrons. The van der Waals surface area contributed by atoms with Crippen LogP contribution < -0.4 is 4.90 Å². The highest BCUT2D eigenvalue weighted by atomic mass is 32.2. The van der Waals surface area contributed by atoms with Crippen LogP contribution in [0.5, 0.6) is 0 Å². The molecule has 1 aliphatic heterocycles. The maximum Gasteiger partial charge on any atom is 0.254 e. The van der Waals surface area contributed by atoms with Crippen LogP contribution in [0.25, 0.3) is 5.78 Å². The number of aromatic nitrogens is 4. The van der Waals surface area contributed by atoms with E-state index >= 15 is 0 Å². The van der Waals surface area contributed by atoms with E-state index in [9.17, 15) is 8.42 Å². The molecule has 0 saturated carbocycles. The monoisotopic (exact) mass is 372 g/mol. The summed E-state index contributed by atoms with van der Waals surface area (Å²) in [7, 11) is -3.46. The second-order valence-corrected chi connectivity index (χ2v) is 8.26. The lowest BCUT2D eigenvalue weighted by Gasteiger charge is -2.36. The summed E-state index contributed by atoms with van der Waals surface area (Å²) in [6.45, 7) is 5.98. The first-order chi connectivity index (χ1) is 12.5. The molecule has 3 aromatic rings. The average Bonchev–Trinajstić information content (AvgIpc) is 3.11. The normalized spacial score (nSPS) is 16.3. The average molecular weight is 372 g/mol. The van der Waals surface area contributed by atoms with Gasteiger partial charge in [0.25, 0.3) is 5.78 Å². The van der Waals surface area contributed by atoms with Gasteiger partial charge in [-0.1, -0.05) is 18.2 Å². The van der Waals surface area contributed by atoms with Crippen LogP contribution >= 0.6 is 0 Å². The Kier molecular flexibility index (Phi) is 4.12. The second kappa shape index (κ2) is 6.33. The number of anilines is 1. The Hall–Kier alpha value is -2.52. The smallest absolute Gasteiger partial charge is 0.254 e. The first-order valence-electron chi connectivity index (χ1n) is 8.45. The SMILES string of the molecule is Cc1nc2ncnn2c(N2CCN(S(=O)(=O)c3ccccc3)CC2)c1C. The lowest BCUT2D eigenvalue weighted by Crippen LogP contribution is -2.49. The first kappa shape index (κ1) is 16.9. The molecule has 136 valence electrons. The summed E-state index contributed by atoms with van der Waals surface area (Å²) in [5.41, 5.74) is 1.93. The highest BCUT2D eigenvalue weighted by molar-refractivity contribution is 7.89. The molecule has 9 heteroatoms. The Labute approximate surface area is 152 Å². The number of piperazine rings is 1. The van der Waals surface area contributed by atoms with Gasteiger partial charge in [0, 0.05) is 37.4 Å². The molecule has 0 atom stereocenters. The van der Waals surface area contributed by atoms with E-state index < -0.39 is 10.0 Å². The number of hydrogen-bond acceptors (Lipinski definition) is 6. The fourth-order valence-corrected chi connectivity index (χ4v) is 4.71. The number of fused-ring (bicyclic) bond motifs is 1. The van der Waals surface area contributed by atoms with Crippen LogP contribution in [0.4, 0.5) is 5.82 Å². The van der Waals surface area contributed by atoms with E-state index in [1.165, 1.54) is 6.33 Å². The van der Waals surface area contributed by atoms with Gasteiger partial charge in [-0.25, -0.2) is 13.4 Å². The van der Waals surface area contributed by atoms with Crippen molar-refractivity contribution in [2.45, 2.75) is 18.7 Å². The van der Waals surface area contributed by atoms with Gasteiger partial charge in [-0.05, 0) is 26.0 Å². The summed E-state index contributed by atoms with van der Waals surface area (Å²) in [6.07, 6.45) is 1.49. The van der Waals surface area contributed by atoms with Crippen LogP contribution in [0.2, 0.25) is 0 Å². The van der Waals surface area contributed by atoms with E-state index in [4.69, 9.17) is 0 Å². The van der Waals surface area contributed by atoms with Crippen LogP contribution in [0.1, 0.15) is 11.3 Å². The Morgan fingerprint density at radius 2 is 1.69 bits per heavy atom. The van der Waals surface area contributed by atoms with E-state index in [0.717, 1.165) is 17.1 Å². The quantitative estimate of drug-likeness (QED) is 0.688. The van der Waals surface area contributed by atoms with Crippen molar-refractivity contribution in [2.24, 2.45) is 0 Å². The van der Waals surface area contributed by atoms with Crippen molar-refractivity contribution in [3.8, 4) is 0 Å². The molecule has 1 fully saturated rings. The minimum atomic E-state index is -3.46. The number of aryl methyl sites for hydroxylation is 1. The van der Waals surface area contributed by atoms with Crippen molar-refractivity contribution in [1.29, 1.82) is 0 Å². The number of sulfonamides is 1. The molecule has 0 unspecified atom stereocenters. The molecular weight excluding hydrogens is 352 g/mol. The third kappa shape index (κ3) is 2.73. The Morgan fingerprint density at radius 3 is 2.38 bits per heavy atom. The van der Waals surface area contributed by atoms with Gasteiger partial charge in [0.1, 0.15) is 12.1 Å². The van der Waals surface area contributed by atoms with Crippen molar-refractivity contribution in [3.63, 3.8) is 0 Å². The zero-order valence-corrected chi connectivity index (χ0v) is 15.5. The van der Waals surface area contributed by atoms with Crippen molar-refractivity contribution in [1.82, 2.24) is 23.9 Å². The molecule has 0 amide bonds. The summed E-state index contributed by atoms with van der Waals surface area (Å²) < 4.78 is 28.9. The minimum absolute atomic E-state index is 0.336. The fraction of sp³-hybridized carbons (Fsp3) is 0.353. The van der Waals surface area contributed by atoms with Gasteiger partial charge in [-0.3, -0.25) is 0 Å². The van der Waals surface area contributed by atoms with Crippen LogP contribution in [0.3, 0.4) is 0 Å². The molecule has 8 nitrogen and oxygen atoms in total. The van der Waals surface area contributed by atoms with Crippen LogP contribution in [-0.4, -0.2) is 58.5 Å². The van der Waals surface area contributed by atoms with E-state index in [1.807, 2.05) is 19.9 Å². The molecule has 3 heterocycles. The Balaban J connectivity index is 1.60. The van der Waals surface area contributed by atoms with E-state index in [0.29, 0.717) is 36.9 Å². The molecule has 0 spiro atoms. The summed E-state index contributed by atoms with van der Waals surface area (Å²) in [6, 6.07) is 8.57. The molecule has 0 aliphatic carbocycles. The van der Waals surface area contributed by atoms with E-state index in [1.54, 1.807) is 33.1 Å². The molecule has 0 bridgehead atoms. The van der Waals surface area contributed by atoms with Gasteiger partial charge in [0.15, 0.2) is 0 Å². The molecule has 4 rings (SSSR count). The van der Waals surface area contributed by atoms with Gasteiger partial charge in [-0.2, -0.15) is 18.9 Å². The molecule has 1 saturated heterocycles. The largest absolute Gasteiger partial charge is 0.354 e. The predicted octanol–water partition coefficient (Wildman–Crippen LogP) is 1.25. The van der Waals surface area contributed by atoms with Crippen molar-refractivity contribution >= 4 is 21.6 Å². The Bertz CT molecular complexity index is 1040. The number of hydrogen-bond donors (Lipinski definition) is 0. The zero-order valence-electron chi connectivity index (χ0n) is 14.7. The van der Waals surface area contributed by atoms with Crippen LogP contribution in [0, 0.1) is 13.8 Å².